The van der Waals surface area contributed by atoms with Crippen LogP contribution < -0.4 is 11.3 Å². The van der Waals surface area contributed by atoms with Crippen molar-refractivity contribution in [2.75, 3.05) is 5.73 Å². The maximum absolute atomic E-state index is 11.3. The summed E-state index contributed by atoms with van der Waals surface area (Å²) in [6, 6.07) is 9.25. The number of nitrogens with one attached hydrogen (secondary N) is 1. The van der Waals surface area contributed by atoms with E-state index in [4.69, 9.17) is 5.73 Å². The Morgan fingerprint density at radius 3 is 2.69 bits per heavy atom. The van der Waals surface area contributed by atoms with Crippen molar-refractivity contribution in [1.29, 1.82) is 0 Å². The molecule has 0 bridgehead atoms. The highest BCUT2D eigenvalue weighted by Gasteiger charge is 2.04. The Balaban J connectivity index is 2.66. The number of halogens is 1. The molecule has 82 valence electrons. The molecule has 0 atom stereocenters. The van der Waals surface area contributed by atoms with Crippen LogP contribution in [-0.2, 0) is 0 Å². The summed E-state index contributed by atoms with van der Waals surface area (Å²) in [6.07, 6.45) is 0. The molecule has 0 saturated carbocycles. The topological polar surface area (TPSA) is 58.9 Å². The molecule has 0 fully saturated rings. The summed E-state index contributed by atoms with van der Waals surface area (Å²) in [5.41, 5.74) is 8.38. The molecule has 0 spiro atoms. The van der Waals surface area contributed by atoms with E-state index in [1.165, 1.54) is 0 Å². The summed E-state index contributed by atoms with van der Waals surface area (Å²) >= 11 is 3.41. The first kappa shape index (κ1) is 11.0. The van der Waals surface area contributed by atoms with Gasteiger partial charge in [-0.05, 0) is 41.8 Å². The van der Waals surface area contributed by atoms with Crippen molar-refractivity contribution in [3.8, 4) is 11.1 Å². The number of nitrogen functional groups attached to an aromatic ring is 1. The number of hydrogen-bond donors (Lipinski definition) is 2. The third-order valence-electron chi connectivity index (χ3n) is 2.38. The number of aromatic amines is 1. The average Bonchev–Trinajstić information content (AvgIpc) is 2.20. The van der Waals surface area contributed by atoms with Crippen LogP contribution in [0.2, 0.25) is 0 Å². The first-order chi connectivity index (χ1) is 7.56. The zero-order valence-corrected chi connectivity index (χ0v) is 10.3. The number of benzene rings is 1. The van der Waals surface area contributed by atoms with Gasteiger partial charge in [0.05, 0.1) is 0 Å². The Labute approximate surface area is 101 Å². The summed E-state index contributed by atoms with van der Waals surface area (Å²) < 4.78 is 0.979. The van der Waals surface area contributed by atoms with Gasteiger partial charge in [-0.25, -0.2) is 0 Å². The number of anilines is 1. The molecular formula is C12H11BrN2O. The molecule has 0 amide bonds. The molecule has 0 aliphatic heterocycles. The van der Waals surface area contributed by atoms with Gasteiger partial charge >= 0.3 is 0 Å². The predicted octanol–water partition coefficient (Wildman–Crippen LogP) is 2.70. The van der Waals surface area contributed by atoms with Crippen molar-refractivity contribution in [2.24, 2.45) is 0 Å². The largest absolute Gasteiger partial charge is 0.385 e. The van der Waals surface area contributed by atoms with Crippen molar-refractivity contribution in [1.82, 2.24) is 4.98 Å². The number of rotatable bonds is 1. The highest BCUT2D eigenvalue weighted by molar-refractivity contribution is 9.10. The first-order valence-corrected chi connectivity index (χ1v) is 5.62. The molecule has 2 aromatic rings. The quantitative estimate of drug-likeness (QED) is 0.843. The summed E-state index contributed by atoms with van der Waals surface area (Å²) in [5, 5.41) is 0. The van der Waals surface area contributed by atoms with E-state index in [-0.39, 0.29) is 5.56 Å². The van der Waals surface area contributed by atoms with Gasteiger partial charge in [0, 0.05) is 10.5 Å². The van der Waals surface area contributed by atoms with Gasteiger partial charge in [0.1, 0.15) is 5.82 Å². The van der Waals surface area contributed by atoms with Crippen LogP contribution in [0.3, 0.4) is 0 Å². The lowest BCUT2D eigenvalue weighted by atomic mass is 10.0. The lowest BCUT2D eigenvalue weighted by Gasteiger charge is -2.07. The van der Waals surface area contributed by atoms with E-state index in [2.05, 4.69) is 20.9 Å². The fourth-order valence-electron chi connectivity index (χ4n) is 1.63. The Bertz CT molecular complexity index is 590. The van der Waals surface area contributed by atoms with Crippen molar-refractivity contribution < 1.29 is 0 Å². The second-order valence-electron chi connectivity index (χ2n) is 3.65. The molecule has 3 N–H and O–H groups in total. The molecule has 16 heavy (non-hydrogen) atoms. The van der Waals surface area contributed by atoms with Crippen LogP contribution in [0.5, 0.6) is 0 Å². The summed E-state index contributed by atoms with van der Waals surface area (Å²) in [6.45, 7) is 2.00. The third kappa shape index (κ3) is 2.17. The molecule has 1 heterocycles. The molecule has 3 nitrogen and oxygen atoms in total. The van der Waals surface area contributed by atoms with E-state index in [0.29, 0.717) is 5.82 Å². The number of aromatic nitrogens is 1. The van der Waals surface area contributed by atoms with Gasteiger partial charge < -0.3 is 10.7 Å². The minimum Gasteiger partial charge on any atom is -0.385 e. The van der Waals surface area contributed by atoms with Gasteiger partial charge in [0.2, 0.25) is 5.56 Å². The van der Waals surface area contributed by atoms with Crippen LogP contribution in [0.15, 0.2) is 39.6 Å². The summed E-state index contributed by atoms with van der Waals surface area (Å²) in [5.74, 6) is 0.377. The normalized spacial score (nSPS) is 10.4. The smallest absolute Gasteiger partial charge is 0.250 e. The Hall–Kier alpha value is -1.55. The van der Waals surface area contributed by atoms with Crippen LogP contribution in [0, 0.1) is 6.92 Å². The molecule has 0 aliphatic rings. The van der Waals surface area contributed by atoms with Gasteiger partial charge in [-0.3, -0.25) is 4.79 Å². The van der Waals surface area contributed by atoms with E-state index in [0.717, 1.165) is 21.2 Å². The SMILES string of the molecule is Cc1ccc(Br)cc1-c1cc(N)[nH]c(=O)c1. The minimum atomic E-state index is -0.186. The van der Waals surface area contributed by atoms with Crippen LogP contribution in [0.25, 0.3) is 11.1 Å². The van der Waals surface area contributed by atoms with Crippen molar-refractivity contribution in [2.45, 2.75) is 6.92 Å². The van der Waals surface area contributed by atoms with E-state index < -0.39 is 0 Å². The minimum absolute atomic E-state index is 0.186. The van der Waals surface area contributed by atoms with Gasteiger partial charge in [0.15, 0.2) is 0 Å². The first-order valence-electron chi connectivity index (χ1n) is 4.82. The standard InChI is InChI=1S/C12H11BrN2O/c1-7-2-3-9(13)6-10(7)8-4-11(14)15-12(16)5-8/h2-6H,1H3,(H3,14,15,16). The molecule has 2 rings (SSSR count). The maximum atomic E-state index is 11.3. The highest BCUT2D eigenvalue weighted by Crippen LogP contribution is 2.26. The zero-order valence-electron chi connectivity index (χ0n) is 8.75. The second-order valence-corrected chi connectivity index (χ2v) is 4.56. The van der Waals surface area contributed by atoms with Gasteiger partial charge in [-0.1, -0.05) is 22.0 Å². The van der Waals surface area contributed by atoms with E-state index in [9.17, 15) is 4.79 Å². The highest BCUT2D eigenvalue weighted by atomic mass is 79.9. The van der Waals surface area contributed by atoms with Crippen molar-refractivity contribution >= 4 is 21.7 Å². The van der Waals surface area contributed by atoms with Crippen LogP contribution in [-0.4, -0.2) is 4.98 Å². The fourth-order valence-corrected chi connectivity index (χ4v) is 1.99. The third-order valence-corrected chi connectivity index (χ3v) is 2.87. The number of H-pyrrole nitrogens is 1. The molecular weight excluding hydrogens is 268 g/mol. The maximum Gasteiger partial charge on any atom is 0.250 e. The monoisotopic (exact) mass is 278 g/mol. The lowest BCUT2D eigenvalue weighted by Crippen LogP contribution is -2.07. The van der Waals surface area contributed by atoms with E-state index in [1.807, 2.05) is 25.1 Å². The zero-order chi connectivity index (χ0) is 11.7. The van der Waals surface area contributed by atoms with Gasteiger partial charge in [-0.2, -0.15) is 0 Å². The second kappa shape index (κ2) is 4.14. The molecule has 1 aromatic carbocycles. The van der Waals surface area contributed by atoms with Gasteiger partial charge in [-0.15, -0.1) is 0 Å². The number of aryl methyl sites for hydroxylation is 1. The Kier molecular flexibility index (Phi) is 2.83. The van der Waals surface area contributed by atoms with E-state index >= 15 is 0 Å². The molecule has 0 saturated heterocycles. The molecule has 1 aromatic heterocycles. The van der Waals surface area contributed by atoms with Crippen molar-refractivity contribution in [3.63, 3.8) is 0 Å². The Morgan fingerprint density at radius 2 is 2.00 bits per heavy atom. The van der Waals surface area contributed by atoms with Crippen LogP contribution in [0.1, 0.15) is 5.56 Å². The van der Waals surface area contributed by atoms with Crippen LogP contribution in [0.4, 0.5) is 5.82 Å². The average molecular weight is 279 g/mol. The van der Waals surface area contributed by atoms with E-state index in [1.54, 1.807) is 12.1 Å². The van der Waals surface area contributed by atoms with Gasteiger partial charge in [0.25, 0.3) is 0 Å². The fraction of sp³-hybridized carbons (Fsp3) is 0.0833. The number of nitrogens with two attached hydrogens (primary N) is 1. The molecule has 0 radical (unpaired) electrons. The predicted molar refractivity (Wildman–Crippen MR) is 69.3 cm³/mol. The lowest BCUT2D eigenvalue weighted by molar-refractivity contribution is 1.25. The van der Waals surface area contributed by atoms with Crippen LogP contribution >= 0.6 is 15.9 Å². The number of hydrogen-bond acceptors (Lipinski definition) is 2. The summed E-state index contributed by atoms with van der Waals surface area (Å²) in [4.78, 5) is 13.9. The molecule has 0 unspecified atom stereocenters. The summed E-state index contributed by atoms with van der Waals surface area (Å²) in [7, 11) is 0. The Morgan fingerprint density at radius 1 is 1.25 bits per heavy atom. The van der Waals surface area contributed by atoms with Crippen molar-refractivity contribution in [3.05, 3.63) is 50.7 Å². The molecule has 0 aliphatic carbocycles. The number of pyridine rings is 1. The molecule has 4 heteroatoms.